The molecule has 1 aromatic rings. The molecule has 3 amide bonds. The van der Waals surface area contributed by atoms with Crippen LogP contribution in [0.1, 0.15) is 46.5 Å². The van der Waals surface area contributed by atoms with E-state index < -0.39 is 8.32 Å². The minimum absolute atomic E-state index is 0.203. The predicted molar refractivity (Wildman–Crippen MR) is 125 cm³/mol. The van der Waals surface area contributed by atoms with Crippen molar-refractivity contribution in [1.82, 2.24) is 5.32 Å². The molecule has 166 valence electrons. The molecule has 30 heavy (non-hydrogen) atoms. The van der Waals surface area contributed by atoms with Gasteiger partial charge in [-0.15, -0.1) is 0 Å². The second kappa shape index (κ2) is 9.10. The lowest BCUT2D eigenvalue weighted by Crippen LogP contribution is -2.49. The summed E-state index contributed by atoms with van der Waals surface area (Å²) in [5.74, 6) is 0.533. The minimum Gasteiger partial charge on any atom is -0.417 e. The molecule has 6 nitrogen and oxygen atoms in total. The van der Waals surface area contributed by atoms with Crippen LogP contribution >= 0.6 is 0 Å². The summed E-state index contributed by atoms with van der Waals surface area (Å²) in [5, 5.41) is 2.65. The number of amides is 3. The molecule has 0 saturated carbocycles. The largest absolute Gasteiger partial charge is 0.417 e. The van der Waals surface area contributed by atoms with Gasteiger partial charge in [0.2, 0.25) is 5.91 Å². The monoisotopic (exact) mass is 431 g/mol. The van der Waals surface area contributed by atoms with Crippen molar-refractivity contribution in [3.63, 3.8) is 0 Å². The molecule has 1 N–H and O–H groups in total. The van der Waals surface area contributed by atoms with Crippen molar-refractivity contribution in [3.05, 3.63) is 24.3 Å². The zero-order valence-corrected chi connectivity index (χ0v) is 20.2. The number of piperidine rings is 1. The van der Waals surface area contributed by atoms with Crippen molar-refractivity contribution in [2.24, 2.45) is 5.92 Å². The first kappa shape index (κ1) is 22.8. The fourth-order valence-corrected chi connectivity index (χ4v) is 4.89. The van der Waals surface area contributed by atoms with E-state index in [1.165, 1.54) is 18.5 Å². The highest BCUT2D eigenvalue weighted by atomic mass is 28.4. The SMILES string of the molecule is CC(C)(C)[Si](C)(C)OCCC1CCN(c2ccc(N3CCC(=O)NC3=O)cc2)CC1. The standard InChI is InChI=1S/C23H37N3O3Si/c1-23(2,3)30(4,5)29-17-13-18-10-14-25(15-11-18)19-6-8-20(9-7-19)26-16-12-21(27)24-22(26)28/h6-9,18H,10-17H2,1-5H3,(H,24,27,28). The molecule has 0 aliphatic carbocycles. The summed E-state index contributed by atoms with van der Waals surface area (Å²) >= 11 is 0. The maximum Gasteiger partial charge on any atom is 0.328 e. The highest BCUT2D eigenvalue weighted by molar-refractivity contribution is 6.74. The van der Waals surface area contributed by atoms with E-state index in [2.05, 4.69) is 56.2 Å². The lowest BCUT2D eigenvalue weighted by molar-refractivity contribution is -0.120. The quantitative estimate of drug-likeness (QED) is 0.660. The van der Waals surface area contributed by atoms with Gasteiger partial charge in [0.1, 0.15) is 0 Å². The van der Waals surface area contributed by atoms with Crippen molar-refractivity contribution in [3.8, 4) is 0 Å². The normalized spacial score (nSPS) is 19.2. The van der Waals surface area contributed by atoms with E-state index in [1.54, 1.807) is 4.90 Å². The molecule has 2 aliphatic heterocycles. The van der Waals surface area contributed by atoms with Gasteiger partial charge in [0.15, 0.2) is 8.32 Å². The Morgan fingerprint density at radius 1 is 1.03 bits per heavy atom. The first-order chi connectivity index (χ1) is 14.1. The van der Waals surface area contributed by atoms with Crippen molar-refractivity contribution in [2.75, 3.05) is 36.0 Å². The van der Waals surface area contributed by atoms with Gasteiger partial charge in [0.25, 0.3) is 0 Å². The van der Waals surface area contributed by atoms with Crippen molar-refractivity contribution < 1.29 is 14.0 Å². The molecule has 2 saturated heterocycles. The van der Waals surface area contributed by atoms with E-state index >= 15 is 0 Å². The average molecular weight is 432 g/mol. The number of hydrogen-bond donors (Lipinski definition) is 1. The molecule has 0 spiro atoms. The van der Waals surface area contributed by atoms with Crippen LogP contribution in [-0.4, -0.2) is 46.5 Å². The third kappa shape index (κ3) is 5.43. The number of carbonyl (C=O) groups excluding carboxylic acids is 2. The summed E-state index contributed by atoms with van der Waals surface area (Å²) in [6, 6.07) is 7.79. The van der Waals surface area contributed by atoms with Gasteiger partial charge in [0.05, 0.1) is 0 Å². The maximum atomic E-state index is 12.0. The zero-order chi connectivity index (χ0) is 21.9. The molecular weight excluding hydrogens is 394 g/mol. The van der Waals surface area contributed by atoms with Crippen molar-refractivity contribution in [2.45, 2.75) is 64.6 Å². The van der Waals surface area contributed by atoms with E-state index in [9.17, 15) is 9.59 Å². The Bertz CT molecular complexity index is 750. The Morgan fingerprint density at radius 3 is 2.20 bits per heavy atom. The van der Waals surface area contributed by atoms with Crippen LogP contribution < -0.4 is 15.1 Å². The Balaban J connectivity index is 1.46. The van der Waals surface area contributed by atoms with Gasteiger partial charge in [-0.2, -0.15) is 0 Å². The summed E-state index contributed by atoms with van der Waals surface area (Å²) in [5.41, 5.74) is 2.03. The molecule has 2 fully saturated rings. The third-order valence-electron chi connectivity index (χ3n) is 6.99. The number of hydrogen-bond acceptors (Lipinski definition) is 4. The number of rotatable bonds is 6. The number of benzene rings is 1. The van der Waals surface area contributed by atoms with Crippen LogP contribution in [0.25, 0.3) is 0 Å². The van der Waals surface area contributed by atoms with E-state index in [0.717, 1.165) is 37.7 Å². The molecule has 0 atom stereocenters. The van der Waals surface area contributed by atoms with E-state index in [1.807, 2.05) is 12.1 Å². The van der Waals surface area contributed by atoms with Crippen LogP contribution in [0.2, 0.25) is 18.1 Å². The molecule has 0 bridgehead atoms. The topological polar surface area (TPSA) is 61.9 Å². The number of urea groups is 1. The number of nitrogens with one attached hydrogen (secondary N) is 1. The molecule has 1 aromatic carbocycles. The number of carbonyl (C=O) groups is 2. The third-order valence-corrected chi connectivity index (χ3v) is 11.5. The fourth-order valence-electron chi connectivity index (χ4n) is 3.83. The van der Waals surface area contributed by atoms with E-state index in [-0.39, 0.29) is 17.0 Å². The number of imide groups is 1. The van der Waals surface area contributed by atoms with Gasteiger partial charge < -0.3 is 9.33 Å². The number of nitrogens with zero attached hydrogens (tertiary/aromatic N) is 2. The predicted octanol–water partition coefficient (Wildman–Crippen LogP) is 4.76. The molecule has 7 heteroatoms. The van der Waals surface area contributed by atoms with Crippen LogP contribution in [0.5, 0.6) is 0 Å². The van der Waals surface area contributed by atoms with Gasteiger partial charge in [-0.25, -0.2) is 4.79 Å². The Kier molecular flexibility index (Phi) is 6.92. The second-order valence-electron chi connectivity index (χ2n) is 10.1. The lowest BCUT2D eigenvalue weighted by Gasteiger charge is -2.37. The van der Waals surface area contributed by atoms with Gasteiger partial charge >= 0.3 is 6.03 Å². The molecule has 3 rings (SSSR count). The molecule has 0 unspecified atom stereocenters. The molecular formula is C23H37N3O3Si. The highest BCUT2D eigenvalue weighted by Gasteiger charge is 2.37. The van der Waals surface area contributed by atoms with Crippen molar-refractivity contribution >= 4 is 31.6 Å². The van der Waals surface area contributed by atoms with Crippen LogP contribution in [0.3, 0.4) is 0 Å². The number of anilines is 2. The molecule has 2 aliphatic rings. The maximum absolute atomic E-state index is 12.0. The van der Waals surface area contributed by atoms with Gasteiger partial charge in [-0.1, -0.05) is 20.8 Å². The minimum atomic E-state index is -1.65. The zero-order valence-electron chi connectivity index (χ0n) is 19.2. The first-order valence-electron chi connectivity index (χ1n) is 11.2. The fraction of sp³-hybridized carbons (Fsp3) is 0.652. The van der Waals surface area contributed by atoms with Crippen LogP contribution in [-0.2, 0) is 9.22 Å². The van der Waals surface area contributed by atoms with Gasteiger partial charge in [-0.3, -0.25) is 15.0 Å². The molecule has 0 radical (unpaired) electrons. The summed E-state index contributed by atoms with van der Waals surface area (Å²) in [6.07, 6.45) is 3.89. The van der Waals surface area contributed by atoms with Crippen LogP contribution in [0, 0.1) is 5.92 Å². The summed E-state index contributed by atoms with van der Waals surface area (Å²) in [4.78, 5) is 27.4. The molecule has 0 aromatic heterocycles. The summed E-state index contributed by atoms with van der Waals surface area (Å²) in [7, 11) is -1.65. The van der Waals surface area contributed by atoms with Crippen LogP contribution in [0.15, 0.2) is 24.3 Å². The molecule has 2 heterocycles. The van der Waals surface area contributed by atoms with Crippen LogP contribution in [0.4, 0.5) is 16.2 Å². The lowest BCUT2D eigenvalue weighted by atomic mass is 9.93. The Labute approximate surface area is 182 Å². The van der Waals surface area contributed by atoms with E-state index in [4.69, 9.17) is 4.43 Å². The Morgan fingerprint density at radius 2 is 1.63 bits per heavy atom. The Hall–Kier alpha value is -1.86. The highest BCUT2D eigenvalue weighted by Crippen LogP contribution is 2.37. The average Bonchev–Trinajstić information content (AvgIpc) is 2.68. The van der Waals surface area contributed by atoms with E-state index in [0.29, 0.717) is 13.0 Å². The van der Waals surface area contributed by atoms with Gasteiger partial charge in [0, 0.05) is 44.0 Å². The smallest absolute Gasteiger partial charge is 0.328 e. The summed E-state index contributed by atoms with van der Waals surface area (Å²) < 4.78 is 6.36. The second-order valence-corrected chi connectivity index (χ2v) is 14.9. The summed E-state index contributed by atoms with van der Waals surface area (Å²) in [6.45, 7) is 15.0. The first-order valence-corrected chi connectivity index (χ1v) is 14.1. The van der Waals surface area contributed by atoms with Crippen molar-refractivity contribution in [1.29, 1.82) is 0 Å². The van der Waals surface area contributed by atoms with Gasteiger partial charge in [-0.05, 0) is 67.6 Å².